The van der Waals surface area contributed by atoms with Crippen LogP contribution in [0.1, 0.15) is 11.1 Å². The van der Waals surface area contributed by atoms with Crippen LogP contribution in [0.25, 0.3) is 100 Å². The second kappa shape index (κ2) is 12.4. The van der Waals surface area contributed by atoms with E-state index in [1.165, 1.54) is 11.1 Å². The molecule has 5 nitrogen and oxygen atoms in total. The van der Waals surface area contributed by atoms with Crippen molar-refractivity contribution in [1.82, 2.24) is 19.9 Å². The Bertz CT molecular complexity index is 2920. The van der Waals surface area contributed by atoms with Gasteiger partial charge in [-0.25, -0.2) is 19.9 Å². The molecule has 3 heterocycles. The second-order valence-electron chi connectivity index (χ2n) is 13.6. The van der Waals surface area contributed by atoms with Gasteiger partial charge in [0.1, 0.15) is 11.2 Å². The van der Waals surface area contributed by atoms with Gasteiger partial charge in [-0.3, -0.25) is 0 Å². The molecule has 0 fully saturated rings. The van der Waals surface area contributed by atoms with Crippen LogP contribution in [0.4, 0.5) is 0 Å². The van der Waals surface area contributed by atoms with Gasteiger partial charge < -0.3 is 4.42 Å². The fourth-order valence-electron chi connectivity index (χ4n) is 7.38. The molecule has 0 bridgehead atoms. The summed E-state index contributed by atoms with van der Waals surface area (Å²) in [7, 11) is 0. The number of benzene rings is 7. The number of hydrogen-bond acceptors (Lipinski definition) is 5. The number of nitrogens with zero attached hydrogens (tertiary/aromatic N) is 4. The quantitative estimate of drug-likeness (QED) is 0.169. The van der Waals surface area contributed by atoms with E-state index in [0.29, 0.717) is 17.5 Å². The summed E-state index contributed by atoms with van der Waals surface area (Å²) in [5.41, 5.74) is 12.0. The largest absolute Gasteiger partial charge is 0.456 e. The van der Waals surface area contributed by atoms with Gasteiger partial charge in [0, 0.05) is 54.7 Å². The standard InChI is InChI=1S/C48H32N4O/c1-29-16-20-33(21-17-29)46-50-47(34-22-18-30(2)19-23-34)52-48(51-46)35-26-24-31(25-27-35)42-43-36-12-6-8-14-39(36)49-45(32-10-4-3-5-11-32)38(43)28-41-44(42)37-13-7-9-15-40(37)53-41/h3-28H,1-2H3. The van der Waals surface area contributed by atoms with E-state index >= 15 is 0 Å². The maximum Gasteiger partial charge on any atom is 0.164 e. The van der Waals surface area contributed by atoms with Crippen molar-refractivity contribution in [1.29, 1.82) is 0 Å². The minimum Gasteiger partial charge on any atom is -0.456 e. The van der Waals surface area contributed by atoms with Gasteiger partial charge >= 0.3 is 0 Å². The molecule has 0 N–H and O–H groups in total. The molecule has 0 saturated heterocycles. The Balaban J connectivity index is 1.22. The summed E-state index contributed by atoms with van der Waals surface area (Å²) >= 11 is 0. The highest BCUT2D eigenvalue weighted by molar-refractivity contribution is 6.27. The van der Waals surface area contributed by atoms with E-state index in [1.54, 1.807) is 0 Å². The minimum atomic E-state index is 0.621. The molecule has 0 unspecified atom stereocenters. The zero-order chi connectivity index (χ0) is 35.5. The topological polar surface area (TPSA) is 64.7 Å². The molecule has 0 spiro atoms. The van der Waals surface area contributed by atoms with Crippen LogP contribution in [0.15, 0.2) is 162 Å². The van der Waals surface area contributed by atoms with Gasteiger partial charge in [0.15, 0.2) is 17.5 Å². The van der Waals surface area contributed by atoms with E-state index in [4.69, 9.17) is 24.4 Å². The first-order chi connectivity index (χ1) is 26.1. The second-order valence-corrected chi connectivity index (χ2v) is 13.6. The van der Waals surface area contributed by atoms with Crippen molar-refractivity contribution in [2.24, 2.45) is 0 Å². The van der Waals surface area contributed by atoms with Crippen LogP contribution in [-0.4, -0.2) is 19.9 Å². The van der Waals surface area contributed by atoms with Crippen molar-refractivity contribution >= 4 is 43.6 Å². The first-order valence-corrected chi connectivity index (χ1v) is 17.8. The Hall–Kier alpha value is -6.98. The lowest BCUT2D eigenvalue weighted by Gasteiger charge is -2.16. The smallest absolute Gasteiger partial charge is 0.164 e. The average molecular weight is 681 g/mol. The Labute approximate surface area is 306 Å². The molecular formula is C48H32N4O. The van der Waals surface area contributed by atoms with E-state index in [1.807, 2.05) is 18.2 Å². The highest BCUT2D eigenvalue weighted by atomic mass is 16.3. The molecule has 10 rings (SSSR count). The van der Waals surface area contributed by atoms with Crippen LogP contribution in [0.2, 0.25) is 0 Å². The molecule has 7 aromatic carbocycles. The summed E-state index contributed by atoms with van der Waals surface area (Å²) in [5, 5.41) is 5.44. The molecule has 10 aromatic rings. The van der Waals surface area contributed by atoms with E-state index < -0.39 is 0 Å². The summed E-state index contributed by atoms with van der Waals surface area (Å²) < 4.78 is 6.59. The number of pyridine rings is 1. The highest BCUT2D eigenvalue weighted by Gasteiger charge is 2.22. The van der Waals surface area contributed by atoms with E-state index in [-0.39, 0.29) is 0 Å². The molecule has 0 aliphatic heterocycles. The lowest BCUT2D eigenvalue weighted by atomic mass is 9.89. The average Bonchev–Trinajstić information content (AvgIpc) is 3.59. The number of aromatic nitrogens is 4. The third-order valence-electron chi connectivity index (χ3n) is 10.1. The zero-order valence-electron chi connectivity index (χ0n) is 29.2. The Morgan fingerprint density at radius 2 is 0.887 bits per heavy atom. The predicted molar refractivity (Wildman–Crippen MR) is 217 cm³/mol. The fourth-order valence-corrected chi connectivity index (χ4v) is 7.38. The summed E-state index contributed by atoms with van der Waals surface area (Å²) in [4.78, 5) is 20.2. The molecule has 0 aliphatic carbocycles. The summed E-state index contributed by atoms with van der Waals surface area (Å²) in [6.07, 6.45) is 0. The molecule has 0 saturated carbocycles. The van der Waals surface area contributed by atoms with E-state index in [9.17, 15) is 0 Å². The molecule has 0 amide bonds. The third-order valence-corrected chi connectivity index (χ3v) is 10.1. The Morgan fingerprint density at radius 1 is 0.377 bits per heavy atom. The normalized spacial score (nSPS) is 11.6. The van der Waals surface area contributed by atoms with Crippen LogP contribution < -0.4 is 0 Å². The molecule has 250 valence electrons. The monoisotopic (exact) mass is 680 g/mol. The molecule has 53 heavy (non-hydrogen) atoms. The minimum absolute atomic E-state index is 0.621. The van der Waals surface area contributed by atoms with Crippen LogP contribution in [0, 0.1) is 13.8 Å². The molecule has 0 radical (unpaired) electrons. The summed E-state index contributed by atoms with van der Waals surface area (Å²) in [6, 6.07) is 54.5. The zero-order valence-corrected chi connectivity index (χ0v) is 29.2. The molecular weight excluding hydrogens is 649 g/mol. The predicted octanol–water partition coefficient (Wildman–Crippen LogP) is 12.4. The number of rotatable bonds is 5. The van der Waals surface area contributed by atoms with Crippen molar-refractivity contribution in [3.63, 3.8) is 0 Å². The number of furan rings is 1. The van der Waals surface area contributed by atoms with Crippen LogP contribution in [0.3, 0.4) is 0 Å². The molecule has 3 aromatic heterocycles. The fraction of sp³-hybridized carbons (Fsp3) is 0.0417. The maximum atomic E-state index is 6.59. The molecule has 5 heteroatoms. The van der Waals surface area contributed by atoms with Crippen LogP contribution in [-0.2, 0) is 0 Å². The van der Waals surface area contributed by atoms with Crippen molar-refractivity contribution in [3.05, 3.63) is 169 Å². The Morgan fingerprint density at radius 3 is 1.51 bits per heavy atom. The van der Waals surface area contributed by atoms with Gasteiger partial charge in [-0.15, -0.1) is 0 Å². The van der Waals surface area contributed by atoms with Crippen molar-refractivity contribution in [3.8, 4) is 56.5 Å². The number of fused-ring (bicyclic) bond motifs is 6. The van der Waals surface area contributed by atoms with Crippen molar-refractivity contribution in [2.45, 2.75) is 13.8 Å². The van der Waals surface area contributed by atoms with Gasteiger partial charge in [-0.1, -0.05) is 151 Å². The number of para-hydroxylation sites is 2. The number of aryl methyl sites for hydroxylation is 2. The number of hydrogen-bond donors (Lipinski definition) is 0. The lowest BCUT2D eigenvalue weighted by molar-refractivity contribution is 0.669. The SMILES string of the molecule is Cc1ccc(-c2nc(-c3ccc(C)cc3)nc(-c3ccc(-c4c5c(cc6c(-c7ccccc7)nc7ccccc7c46)oc4ccccc45)cc3)n2)cc1. The van der Waals surface area contributed by atoms with Crippen molar-refractivity contribution < 1.29 is 4.42 Å². The summed E-state index contributed by atoms with van der Waals surface area (Å²) in [6.45, 7) is 4.17. The van der Waals surface area contributed by atoms with Gasteiger partial charge in [0.2, 0.25) is 0 Å². The lowest BCUT2D eigenvalue weighted by Crippen LogP contribution is -2.00. The Kier molecular flexibility index (Phi) is 7.18. The highest BCUT2D eigenvalue weighted by Crippen LogP contribution is 2.46. The molecule has 0 aliphatic rings. The first kappa shape index (κ1) is 30.8. The van der Waals surface area contributed by atoms with E-state index in [0.717, 1.165) is 82.7 Å². The van der Waals surface area contributed by atoms with Gasteiger partial charge in [-0.05, 0) is 37.6 Å². The maximum absolute atomic E-state index is 6.59. The third kappa shape index (κ3) is 5.33. The van der Waals surface area contributed by atoms with E-state index in [2.05, 4.69) is 153 Å². The van der Waals surface area contributed by atoms with Crippen LogP contribution in [0.5, 0.6) is 0 Å². The summed E-state index contributed by atoms with van der Waals surface area (Å²) in [5.74, 6) is 1.90. The first-order valence-electron chi connectivity index (χ1n) is 17.8. The van der Waals surface area contributed by atoms with Crippen LogP contribution >= 0.6 is 0 Å². The van der Waals surface area contributed by atoms with Gasteiger partial charge in [-0.2, -0.15) is 0 Å². The van der Waals surface area contributed by atoms with Gasteiger partial charge in [0.05, 0.1) is 11.2 Å². The molecule has 0 atom stereocenters. The van der Waals surface area contributed by atoms with Gasteiger partial charge in [0.25, 0.3) is 0 Å². The van der Waals surface area contributed by atoms with Crippen molar-refractivity contribution in [2.75, 3.05) is 0 Å².